The van der Waals surface area contributed by atoms with E-state index in [2.05, 4.69) is 31.6 Å². The van der Waals surface area contributed by atoms with Crippen LogP contribution in [0.1, 0.15) is 65.2 Å². The fraction of sp³-hybridized carbons (Fsp3) is 0.719. The Bertz CT molecular complexity index is 1380. The van der Waals surface area contributed by atoms with Gasteiger partial charge in [0.15, 0.2) is 5.96 Å². The molecule has 7 atom stereocenters. The lowest BCUT2D eigenvalue weighted by atomic mass is 10.0. The average Bonchev–Trinajstić information content (AvgIpc) is 3.61. The second-order valence-electron chi connectivity index (χ2n) is 13.3. The molecule has 0 aliphatic carbocycles. The first-order valence-corrected chi connectivity index (χ1v) is 17.9. The first kappa shape index (κ1) is 47.9. The molecular weight excluding hydrogens is 730 g/mol. The van der Waals surface area contributed by atoms with Crippen molar-refractivity contribution >= 4 is 53.3 Å². The Kier molecular flexibility index (Phi) is 21.2. The highest BCUT2D eigenvalue weighted by Crippen LogP contribution is 2.20. The van der Waals surface area contributed by atoms with Crippen molar-refractivity contribution in [2.45, 2.75) is 108 Å². The molecule has 1 rings (SSSR count). The number of aliphatic imine (C=N–C) groups is 1. The van der Waals surface area contributed by atoms with Gasteiger partial charge in [-0.3, -0.25) is 38.6 Å². The Morgan fingerprint density at radius 2 is 1.35 bits per heavy atom. The topological polar surface area (TPSA) is 397 Å². The molecule has 17 N–H and O–H groups in total. The van der Waals surface area contributed by atoms with E-state index in [4.69, 9.17) is 28.0 Å². The van der Waals surface area contributed by atoms with Gasteiger partial charge in [0, 0.05) is 13.1 Å². The van der Waals surface area contributed by atoms with Gasteiger partial charge in [0.05, 0.1) is 25.7 Å². The van der Waals surface area contributed by atoms with Gasteiger partial charge in [-0.15, -0.1) is 0 Å². The SMILES string of the molecule is CC(C)[C@H](NC(=O)[C@@H](N)CC(=O)O)C(=O)N[C@@H](CO)C(=O)N[C@@H](CCCCN)C(=O)N[C@@H](CCCN=C(N)N)C(=O)N1CCC[C@H]1C(=O)N[C@@H](CO)C(=O)O. The maximum absolute atomic E-state index is 13.9. The number of rotatable bonds is 25. The van der Waals surface area contributed by atoms with Crippen LogP contribution in [0.5, 0.6) is 0 Å². The molecule has 55 heavy (non-hydrogen) atoms. The third-order valence-electron chi connectivity index (χ3n) is 8.57. The summed E-state index contributed by atoms with van der Waals surface area (Å²) < 4.78 is 0. The molecule has 1 heterocycles. The van der Waals surface area contributed by atoms with Crippen LogP contribution in [0.4, 0.5) is 0 Å². The van der Waals surface area contributed by atoms with Gasteiger partial charge in [0.25, 0.3) is 0 Å². The number of aliphatic carboxylic acids is 2. The molecule has 0 bridgehead atoms. The molecule has 1 aliphatic heterocycles. The van der Waals surface area contributed by atoms with Gasteiger partial charge in [0.1, 0.15) is 36.3 Å². The van der Waals surface area contributed by atoms with Crippen LogP contribution in [-0.4, -0.2) is 154 Å². The third kappa shape index (κ3) is 16.4. The molecule has 1 saturated heterocycles. The second-order valence-corrected chi connectivity index (χ2v) is 13.3. The van der Waals surface area contributed by atoms with Crippen molar-refractivity contribution in [1.82, 2.24) is 31.5 Å². The number of nitrogens with one attached hydrogen (secondary N) is 5. The van der Waals surface area contributed by atoms with E-state index in [0.29, 0.717) is 19.3 Å². The van der Waals surface area contributed by atoms with Crippen molar-refractivity contribution < 1.29 is 58.8 Å². The monoisotopic (exact) mass is 787 g/mol. The molecule has 0 aromatic rings. The summed E-state index contributed by atoms with van der Waals surface area (Å²) in [5.41, 5.74) is 22.0. The van der Waals surface area contributed by atoms with Crippen molar-refractivity contribution in [1.29, 1.82) is 0 Å². The molecule has 1 aliphatic rings. The van der Waals surface area contributed by atoms with E-state index in [1.807, 2.05) is 0 Å². The molecule has 0 aromatic carbocycles. The number of carbonyl (C=O) groups is 8. The van der Waals surface area contributed by atoms with Crippen LogP contribution < -0.4 is 49.5 Å². The summed E-state index contributed by atoms with van der Waals surface area (Å²) in [6.45, 7) is 1.71. The van der Waals surface area contributed by atoms with Gasteiger partial charge in [0.2, 0.25) is 35.4 Å². The first-order valence-electron chi connectivity index (χ1n) is 17.9. The number of hydrogen-bond acceptors (Lipinski definition) is 13. The first-order chi connectivity index (χ1) is 25.9. The molecule has 23 nitrogen and oxygen atoms in total. The minimum atomic E-state index is -1.63. The summed E-state index contributed by atoms with van der Waals surface area (Å²) in [5.74, 6) is -8.78. The Balaban J connectivity index is 3.27. The van der Waals surface area contributed by atoms with Crippen LogP contribution in [0, 0.1) is 5.92 Å². The number of guanidine groups is 1. The van der Waals surface area contributed by atoms with Crippen LogP contribution in [0.2, 0.25) is 0 Å². The number of nitrogens with two attached hydrogens (primary N) is 4. The van der Waals surface area contributed by atoms with Crippen molar-refractivity contribution in [2.24, 2.45) is 33.8 Å². The van der Waals surface area contributed by atoms with Crippen molar-refractivity contribution in [3.63, 3.8) is 0 Å². The van der Waals surface area contributed by atoms with Gasteiger partial charge in [-0.2, -0.15) is 0 Å². The Hall–Kier alpha value is -5.13. The maximum atomic E-state index is 13.9. The van der Waals surface area contributed by atoms with Crippen molar-refractivity contribution in [3.8, 4) is 0 Å². The number of aliphatic hydroxyl groups excluding tert-OH is 2. The number of likely N-dealkylation sites (tertiary alicyclic amines) is 1. The molecule has 6 amide bonds. The minimum Gasteiger partial charge on any atom is -0.481 e. The molecular formula is C32H57N11O12. The number of unbranched alkanes of at least 4 members (excludes halogenated alkanes) is 1. The molecule has 0 unspecified atom stereocenters. The lowest BCUT2D eigenvalue weighted by Crippen LogP contribution is -2.61. The smallest absolute Gasteiger partial charge is 0.328 e. The lowest BCUT2D eigenvalue weighted by molar-refractivity contribution is -0.145. The number of nitrogens with zero attached hydrogens (tertiary/aromatic N) is 2. The normalized spacial score (nSPS) is 17.1. The van der Waals surface area contributed by atoms with Gasteiger partial charge >= 0.3 is 11.9 Å². The average molecular weight is 788 g/mol. The Morgan fingerprint density at radius 3 is 1.89 bits per heavy atom. The number of amides is 6. The minimum absolute atomic E-state index is 0.00834. The van der Waals surface area contributed by atoms with Gasteiger partial charge in [-0.1, -0.05) is 13.8 Å². The molecule has 0 spiro atoms. The summed E-state index contributed by atoms with van der Waals surface area (Å²) in [4.78, 5) is 107. The predicted octanol–water partition coefficient (Wildman–Crippen LogP) is -5.89. The summed E-state index contributed by atoms with van der Waals surface area (Å²) in [6, 6.07) is -9.72. The summed E-state index contributed by atoms with van der Waals surface area (Å²) in [7, 11) is 0. The predicted molar refractivity (Wildman–Crippen MR) is 194 cm³/mol. The Morgan fingerprint density at radius 1 is 0.764 bits per heavy atom. The van der Waals surface area contributed by atoms with Gasteiger partial charge < -0.3 is 74.8 Å². The van der Waals surface area contributed by atoms with Crippen LogP contribution in [-0.2, 0) is 38.4 Å². The molecule has 312 valence electrons. The molecule has 0 saturated carbocycles. The van der Waals surface area contributed by atoms with E-state index in [1.54, 1.807) is 13.8 Å². The molecule has 1 fully saturated rings. The van der Waals surface area contributed by atoms with E-state index in [-0.39, 0.29) is 51.3 Å². The van der Waals surface area contributed by atoms with Crippen molar-refractivity contribution in [3.05, 3.63) is 0 Å². The number of carboxylic acid groups (broad SMARTS) is 2. The maximum Gasteiger partial charge on any atom is 0.328 e. The zero-order valence-electron chi connectivity index (χ0n) is 31.1. The molecule has 0 radical (unpaired) electrons. The fourth-order valence-electron chi connectivity index (χ4n) is 5.56. The number of carboxylic acids is 2. The van der Waals surface area contributed by atoms with Crippen LogP contribution in [0.15, 0.2) is 4.99 Å². The summed E-state index contributed by atoms with van der Waals surface area (Å²) in [6.07, 6.45) is 0.771. The van der Waals surface area contributed by atoms with Crippen molar-refractivity contribution in [2.75, 3.05) is 32.8 Å². The zero-order chi connectivity index (χ0) is 41.8. The number of aliphatic hydroxyl groups is 2. The van der Waals surface area contributed by atoms with E-state index < -0.39 is 115 Å². The number of hydrogen-bond donors (Lipinski definition) is 13. The van der Waals surface area contributed by atoms with Crippen LogP contribution in [0.3, 0.4) is 0 Å². The highest BCUT2D eigenvalue weighted by molar-refractivity contribution is 5.97. The second kappa shape index (κ2) is 24.3. The van der Waals surface area contributed by atoms with Gasteiger partial charge in [-0.05, 0) is 57.4 Å². The van der Waals surface area contributed by atoms with E-state index in [0.717, 1.165) is 0 Å². The Labute approximate surface area is 317 Å². The fourth-order valence-corrected chi connectivity index (χ4v) is 5.56. The zero-order valence-corrected chi connectivity index (χ0v) is 31.1. The molecule has 23 heteroatoms. The molecule has 0 aromatic heterocycles. The quantitative estimate of drug-likeness (QED) is 0.0233. The highest BCUT2D eigenvalue weighted by Gasteiger charge is 2.39. The van der Waals surface area contributed by atoms with Crippen LogP contribution >= 0.6 is 0 Å². The van der Waals surface area contributed by atoms with Crippen LogP contribution in [0.25, 0.3) is 0 Å². The third-order valence-corrected chi connectivity index (χ3v) is 8.57. The van der Waals surface area contributed by atoms with E-state index in [9.17, 15) is 53.7 Å². The largest absolute Gasteiger partial charge is 0.481 e. The summed E-state index contributed by atoms with van der Waals surface area (Å²) in [5, 5.41) is 49.5. The van der Waals surface area contributed by atoms with E-state index >= 15 is 0 Å². The highest BCUT2D eigenvalue weighted by atomic mass is 16.4. The van der Waals surface area contributed by atoms with E-state index in [1.165, 1.54) is 4.90 Å². The summed E-state index contributed by atoms with van der Waals surface area (Å²) >= 11 is 0. The lowest BCUT2D eigenvalue weighted by Gasteiger charge is -2.30. The van der Waals surface area contributed by atoms with Gasteiger partial charge in [-0.25, -0.2) is 4.79 Å². The number of carbonyl (C=O) groups excluding carboxylic acids is 6. The standard InChI is InChI=1S/C32H57N11O12/c1-16(2)24(42-25(48)17(34)13-23(46)47)29(52)40-20(14-44)27(50)38-18(7-3-4-10-33)26(49)39-19(8-5-11-37-32(35)36)30(53)43-12-6-9-22(43)28(51)41-21(15-45)31(54)55/h16-22,24,44-45H,3-15,33-34H2,1-2H3,(H,38,50)(H,39,49)(H,40,52)(H,41,51)(H,42,48)(H,46,47)(H,54,55)(H4,35,36,37)/t17-,18-,19-,20-,21-,22-,24-/m0/s1.